The number of hydrogen-bond donors (Lipinski definition) is 0. The molecule has 2 aromatic carbocycles. The van der Waals surface area contributed by atoms with E-state index in [1.807, 2.05) is 18.2 Å². The molecule has 0 radical (unpaired) electrons. The fourth-order valence-corrected chi connectivity index (χ4v) is 3.14. The van der Waals surface area contributed by atoms with Gasteiger partial charge in [-0.1, -0.05) is 48.0 Å². The minimum absolute atomic E-state index is 0.144. The zero-order valence-corrected chi connectivity index (χ0v) is 12.1. The SMILES string of the molecule is Cc1ccc(C)c(CC2CCc3ccccc3C2=O)c1. The molecule has 1 aliphatic rings. The van der Waals surface area contributed by atoms with Crippen molar-refractivity contribution in [2.24, 2.45) is 5.92 Å². The molecule has 1 unspecified atom stereocenters. The van der Waals surface area contributed by atoms with E-state index in [4.69, 9.17) is 0 Å². The number of benzene rings is 2. The first-order chi connectivity index (χ1) is 9.65. The summed E-state index contributed by atoms with van der Waals surface area (Å²) in [4.78, 5) is 12.6. The van der Waals surface area contributed by atoms with E-state index in [1.165, 1.54) is 22.3 Å². The number of carbonyl (C=O) groups excluding carboxylic acids is 1. The summed E-state index contributed by atoms with van der Waals surface area (Å²) in [5.74, 6) is 0.471. The predicted octanol–water partition coefficient (Wildman–Crippen LogP) is 4.29. The van der Waals surface area contributed by atoms with Crippen molar-refractivity contribution < 1.29 is 4.79 Å². The lowest BCUT2D eigenvalue weighted by molar-refractivity contribution is 0.0901. The van der Waals surface area contributed by atoms with Crippen LogP contribution in [0.5, 0.6) is 0 Å². The van der Waals surface area contributed by atoms with Crippen molar-refractivity contribution in [2.45, 2.75) is 33.1 Å². The van der Waals surface area contributed by atoms with Gasteiger partial charge in [-0.2, -0.15) is 0 Å². The van der Waals surface area contributed by atoms with E-state index in [0.717, 1.165) is 24.8 Å². The van der Waals surface area contributed by atoms with Gasteiger partial charge in [0.15, 0.2) is 5.78 Å². The minimum atomic E-state index is 0.144. The highest BCUT2D eigenvalue weighted by atomic mass is 16.1. The smallest absolute Gasteiger partial charge is 0.166 e. The van der Waals surface area contributed by atoms with Crippen LogP contribution in [0.25, 0.3) is 0 Å². The summed E-state index contributed by atoms with van der Waals surface area (Å²) in [5, 5.41) is 0. The molecule has 0 aromatic heterocycles. The summed E-state index contributed by atoms with van der Waals surface area (Å²) in [7, 11) is 0. The van der Waals surface area contributed by atoms with Crippen molar-refractivity contribution in [1.82, 2.24) is 0 Å². The van der Waals surface area contributed by atoms with Gasteiger partial charge in [0.1, 0.15) is 0 Å². The molecule has 0 heterocycles. The van der Waals surface area contributed by atoms with Crippen molar-refractivity contribution in [2.75, 3.05) is 0 Å². The summed E-state index contributed by atoms with van der Waals surface area (Å²) in [6, 6.07) is 14.6. The first-order valence-corrected chi connectivity index (χ1v) is 7.33. The molecule has 2 aromatic rings. The van der Waals surface area contributed by atoms with Crippen LogP contribution in [0.2, 0.25) is 0 Å². The number of ketones is 1. The summed E-state index contributed by atoms with van der Waals surface area (Å²) in [6.45, 7) is 4.25. The lowest BCUT2D eigenvalue weighted by atomic mass is 9.79. The van der Waals surface area contributed by atoms with Crippen molar-refractivity contribution in [3.05, 3.63) is 70.3 Å². The average Bonchev–Trinajstić information content (AvgIpc) is 2.46. The molecular weight excluding hydrogens is 244 g/mol. The van der Waals surface area contributed by atoms with Crippen molar-refractivity contribution in [3.8, 4) is 0 Å². The summed E-state index contributed by atoms with van der Waals surface area (Å²) >= 11 is 0. The van der Waals surface area contributed by atoms with Crippen LogP contribution >= 0.6 is 0 Å². The Morgan fingerprint density at radius 1 is 1.10 bits per heavy atom. The Morgan fingerprint density at radius 2 is 1.90 bits per heavy atom. The van der Waals surface area contributed by atoms with Gasteiger partial charge in [0, 0.05) is 11.5 Å². The predicted molar refractivity (Wildman–Crippen MR) is 82.2 cm³/mol. The Labute approximate surface area is 120 Å². The largest absolute Gasteiger partial charge is 0.294 e. The highest BCUT2D eigenvalue weighted by Crippen LogP contribution is 2.28. The Bertz CT molecular complexity index is 655. The quantitative estimate of drug-likeness (QED) is 0.790. The molecule has 0 saturated carbocycles. The zero-order chi connectivity index (χ0) is 14.1. The summed E-state index contributed by atoms with van der Waals surface area (Å²) < 4.78 is 0. The Balaban J connectivity index is 1.86. The van der Waals surface area contributed by atoms with E-state index in [9.17, 15) is 4.79 Å². The zero-order valence-electron chi connectivity index (χ0n) is 12.1. The number of aryl methyl sites for hydroxylation is 3. The summed E-state index contributed by atoms with van der Waals surface area (Å²) in [6.07, 6.45) is 2.88. The van der Waals surface area contributed by atoms with E-state index >= 15 is 0 Å². The molecule has 1 atom stereocenters. The van der Waals surface area contributed by atoms with Crippen molar-refractivity contribution in [3.63, 3.8) is 0 Å². The average molecular weight is 264 g/mol. The topological polar surface area (TPSA) is 17.1 Å². The highest BCUT2D eigenvalue weighted by molar-refractivity contribution is 6.00. The summed E-state index contributed by atoms with van der Waals surface area (Å²) in [5.41, 5.74) is 6.04. The standard InChI is InChI=1S/C19H20O/c1-13-7-8-14(2)17(11-13)12-16-10-9-15-5-3-4-6-18(15)19(16)20/h3-8,11,16H,9-10,12H2,1-2H3. The van der Waals surface area contributed by atoms with Gasteiger partial charge in [0.2, 0.25) is 0 Å². The number of hydrogen-bond acceptors (Lipinski definition) is 1. The molecule has 0 aliphatic heterocycles. The van der Waals surface area contributed by atoms with Gasteiger partial charge in [0.05, 0.1) is 0 Å². The Morgan fingerprint density at radius 3 is 2.75 bits per heavy atom. The van der Waals surface area contributed by atoms with Gasteiger partial charge in [-0.3, -0.25) is 4.79 Å². The van der Waals surface area contributed by atoms with E-state index in [2.05, 4.69) is 38.1 Å². The maximum atomic E-state index is 12.6. The van der Waals surface area contributed by atoms with Crippen LogP contribution in [0.3, 0.4) is 0 Å². The third kappa shape index (κ3) is 2.40. The molecule has 3 rings (SSSR count). The Hall–Kier alpha value is -1.89. The van der Waals surface area contributed by atoms with Crippen molar-refractivity contribution in [1.29, 1.82) is 0 Å². The lowest BCUT2D eigenvalue weighted by Gasteiger charge is -2.24. The van der Waals surface area contributed by atoms with E-state index < -0.39 is 0 Å². The lowest BCUT2D eigenvalue weighted by Crippen LogP contribution is -2.24. The van der Waals surface area contributed by atoms with E-state index in [0.29, 0.717) is 5.78 Å². The highest BCUT2D eigenvalue weighted by Gasteiger charge is 2.27. The van der Waals surface area contributed by atoms with Crippen LogP contribution in [0.15, 0.2) is 42.5 Å². The fourth-order valence-electron chi connectivity index (χ4n) is 3.14. The van der Waals surface area contributed by atoms with Crippen LogP contribution in [0, 0.1) is 19.8 Å². The molecule has 1 nitrogen and oxygen atoms in total. The maximum Gasteiger partial charge on any atom is 0.166 e. The Kier molecular flexibility index (Phi) is 3.43. The molecule has 102 valence electrons. The van der Waals surface area contributed by atoms with Gasteiger partial charge in [0.25, 0.3) is 0 Å². The fraction of sp³-hybridized carbons (Fsp3) is 0.316. The van der Waals surface area contributed by atoms with E-state index in [-0.39, 0.29) is 5.92 Å². The minimum Gasteiger partial charge on any atom is -0.294 e. The van der Waals surface area contributed by atoms with Crippen LogP contribution in [0.1, 0.15) is 39.0 Å². The third-order valence-electron chi connectivity index (χ3n) is 4.39. The van der Waals surface area contributed by atoms with Gasteiger partial charge in [-0.05, 0) is 49.8 Å². The van der Waals surface area contributed by atoms with Gasteiger partial charge < -0.3 is 0 Å². The van der Waals surface area contributed by atoms with Crippen LogP contribution in [-0.4, -0.2) is 5.78 Å². The molecule has 20 heavy (non-hydrogen) atoms. The number of carbonyl (C=O) groups is 1. The monoisotopic (exact) mass is 264 g/mol. The molecule has 0 bridgehead atoms. The van der Waals surface area contributed by atoms with Crippen LogP contribution in [0.4, 0.5) is 0 Å². The molecule has 0 N–H and O–H groups in total. The molecule has 0 fully saturated rings. The number of Topliss-reactive ketones (excluding diaryl/α,β-unsaturated/α-hetero) is 1. The second-order valence-corrected chi connectivity index (χ2v) is 5.89. The van der Waals surface area contributed by atoms with Crippen molar-refractivity contribution >= 4 is 5.78 Å². The number of fused-ring (bicyclic) bond motifs is 1. The van der Waals surface area contributed by atoms with Gasteiger partial charge >= 0.3 is 0 Å². The maximum absolute atomic E-state index is 12.6. The second-order valence-electron chi connectivity index (χ2n) is 5.89. The molecule has 1 heteroatoms. The second kappa shape index (κ2) is 5.24. The third-order valence-corrected chi connectivity index (χ3v) is 4.39. The first-order valence-electron chi connectivity index (χ1n) is 7.33. The number of rotatable bonds is 2. The first kappa shape index (κ1) is 13.1. The normalized spacial score (nSPS) is 17.9. The molecule has 0 spiro atoms. The molecule has 0 saturated heterocycles. The van der Waals surface area contributed by atoms with Crippen LogP contribution in [-0.2, 0) is 12.8 Å². The van der Waals surface area contributed by atoms with Crippen LogP contribution < -0.4 is 0 Å². The molecule has 1 aliphatic carbocycles. The van der Waals surface area contributed by atoms with E-state index in [1.54, 1.807) is 0 Å². The van der Waals surface area contributed by atoms with Gasteiger partial charge in [-0.25, -0.2) is 0 Å². The molecule has 0 amide bonds. The van der Waals surface area contributed by atoms with Gasteiger partial charge in [-0.15, -0.1) is 0 Å². The molecular formula is C19H20O.